The molecule has 1 saturated heterocycles. The standard InChI is InChI=1S/C25H28N4O/c30-25(22-12-10-20(11-13-22)19-7-3-1-4-8-19)28-17-14-21(15-18-28)24-27-26-23-9-5-2-6-16-29(23)24/h1,3-4,7-8,10-13,21H,2,5-6,9,14-18H2. The number of rotatable bonds is 3. The van der Waals surface area contributed by atoms with Gasteiger partial charge in [0.25, 0.3) is 5.91 Å². The smallest absolute Gasteiger partial charge is 0.253 e. The van der Waals surface area contributed by atoms with E-state index in [4.69, 9.17) is 0 Å². The SMILES string of the molecule is O=C(c1ccc(-c2ccccc2)cc1)N1CCC(c2nnc3n2CCCCC3)CC1. The maximum atomic E-state index is 13.0. The maximum absolute atomic E-state index is 13.0. The van der Waals surface area contributed by atoms with Crippen LogP contribution in [0.15, 0.2) is 54.6 Å². The Balaban J connectivity index is 1.24. The summed E-state index contributed by atoms with van der Waals surface area (Å²) < 4.78 is 2.36. The highest BCUT2D eigenvalue weighted by Crippen LogP contribution is 2.30. The molecule has 2 aromatic carbocycles. The molecule has 5 heteroatoms. The Labute approximate surface area is 177 Å². The summed E-state index contributed by atoms with van der Waals surface area (Å²) in [5.41, 5.74) is 3.08. The highest BCUT2D eigenvalue weighted by atomic mass is 16.2. The fourth-order valence-electron chi connectivity index (χ4n) is 4.77. The molecule has 3 aromatic rings. The first-order valence-electron chi connectivity index (χ1n) is 11.2. The number of likely N-dealkylation sites (tertiary alicyclic amines) is 1. The van der Waals surface area contributed by atoms with E-state index in [1.165, 1.54) is 24.8 Å². The van der Waals surface area contributed by atoms with Gasteiger partial charge in [0.2, 0.25) is 0 Å². The molecule has 0 atom stereocenters. The van der Waals surface area contributed by atoms with Crippen molar-refractivity contribution in [2.45, 2.75) is 51.0 Å². The zero-order valence-electron chi connectivity index (χ0n) is 17.3. The molecule has 0 radical (unpaired) electrons. The molecular formula is C25H28N4O. The zero-order valence-corrected chi connectivity index (χ0v) is 17.3. The molecule has 5 nitrogen and oxygen atoms in total. The second kappa shape index (κ2) is 8.42. The molecule has 1 aromatic heterocycles. The molecule has 0 unspecified atom stereocenters. The van der Waals surface area contributed by atoms with Crippen LogP contribution in [-0.2, 0) is 13.0 Å². The van der Waals surface area contributed by atoms with Gasteiger partial charge in [-0.15, -0.1) is 10.2 Å². The molecule has 3 heterocycles. The minimum atomic E-state index is 0.133. The van der Waals surface area contributed by atoms with Crippen molar-refractivity contribution in [1.29, 1.82) is 0 Å². The summed E-state index contributed by atoms with van der Waals surface area (Å²) in [5.74, 6) is 2.84. The molecule has 0 N–H and O–H groups in total. The number of aromatic nitrogens is 3. The Morgan fingerprint density at radius 2 is 1.53 bits per heavy atom. The maximum Gasteiger partial charge on any atom is 0.253 e. The average Bonchev–Trinajstić information content (AvgIpc) is 3.07. The Morgan fingerprint density at radius 1 is 0.800 bits per heavy atom. The minimum Gasteiger partial charge on any atom is -0.339 e. The molecule has 154 valence electrons. The molecule has 0 aliphatic carbocycles. The number of carbonyl (C=O) groups excluding carboxylic acids is 1. The number of benzene rings is 2. The first-order chi connectivity index (χ1) is 14.8. The quantitative estimate of drug-likeness (QED) is 0.641. The van der Waals surface area contributed by atoms with Crippen molar-refractivity contribution < 1.29 is 4.79 Å². The van der Waals surface area contributed by atoms with Gasteiger partial charge in [-0.3, -0.25) is 4.79 Å². The third-order valence-electron chi connectivity index (χ3n) is 6.52. The zero-order chi connectivity index (χ0) is 20.3. The van der Waals surface area contributed by atoms with Crippen molar-refractivity contribution in [2.75, 3.05) is 13.1 Å². The van der Waals surface area contributed by atoms with Crippen molar-refractivity contribution in [2.24, 2.45) is 0 Å². The van der Waals surface area contributed by atoms with Gasteiger partial charge in [0.15, 0.2) is 0 Å². The lowest BCUT2D eigenvalue weighted by Crippen LogP contribution is -2.38. The van der Waals surface area contributed by atoms with Crippen molar-refractivity contribution in [3.63, 3.8) is 0 Å². The summed E-state index contributed by atoms with van der Waals surface area (Å²) in [6.45, 7) is 2.61. The highest BCUT2D eigenvalue weighted by Gasteiger charge is 2.28. The number of amides is 1. The third-order valence-corrected chi connectivity index (χ3v) is 6.52. The van der Waals surface area contributed by atoms with Crippen LogP contribution in [0.4, 0.5) is 0 Å². The largest absolute Gasteiger partial charge is 0.339 e. The number of hydrogen-bond donors (Lipinski definition) is 0. The van der Waals surface area contributed by atoms with Crippen molar-refractivity contribution in [3.05, 3.63) is 71.8 Å². The molecule has 5 rings (SSSR count). The lowest BCUT2D eigenvalue weighted by molar-refractivity contribution is 0.0710. The monoisotopic (exact) mass is 400 g/mol. The van der Waals surface area contributed by atoms with Gasteiger partial charge in [0, 0.05) is 37.5 Å². The molecule has 2 aliphatic heterocycles. The van der Waals surface area contributed by atoms with Crippen LogP contribution < -0.4 is 0 Å². The lowest BCUT2D eigenvalue weighted by atomic mass is 9.95. The predicted molar refractivity (Wildman–Crippen MR) is 117 cm³/mol. The van der Waals surface area contributed by atoms with E-state index < -0.39 is 0 Å². The third kappa shape index (κ3) is 3.76. The molecule has 1 fully saturated rings. The number of hydrogen-bond acceptors (Lipinski definition) is 3. The van der Waals surface area contributed by atoms with Crippen LogP contribution in [0.3, 0.4) is 0 Å². The number of piperidine rings is 1. The van der Waals surface area contributed by atoms with E-state index in [0.717, 1.165) is 61.7 Å². The molecule has 2 aliphatic rings. The van der Waals surface area contributed by atoms with Crippen LogP contribution in [0, 0.1) is 0 Å². The Hall–Kier alpha value is -2.95. The van der Waals surface area contributed by atoms with Gasteiger partial charge in [-0.2, -0.15) is 0 Å². The molecule has 0 spiro atoms. The molecule has 1 amide bonds. The topological polar surface area (TPSA) is 51.0 Å². The lowest BCUT2D eigenvalue weighted by Gasteiger charge is -2.32. The van der Waals surface area contributed by atoms with Gasteiger partial charge < -0.3 is 9.47 Å². The van der Waals surface area contributed by atoms with Gasteiger partial charge in [-0.25, -0.2) is 0 Å². The van der Waals surface area contributed by atoms with Gasteiger partial charge in [0.1, 0.15) is 11.6 Å². The number of fused-ring (bicyclic) bond motifs is 1. The summed E-state index contributed by atoms with van der Waals surface area (Å²) in [6.07, 6.45) is 6.68. The van der Waals surface area contributed by atoms with Crippen LogP contribution in [0.2, 0.25) is 0 Å². The van der Waals surface area contributed by atoms with E-state index in [0.29, 0.717) is 5.92 Å². The van der Waals surface area contributed by atoms with E-state index in [-0.39, 0.29) is 5.91 Å². The summed E-state index contributed by atoms with van der Waals surface area (Å²) in [5, 5.41) is 9.00. The molecule has 0 bridgehead atoms. The first kappa shape index (κ1) is 19.0. The Morgan fingerprint density at radius 3 is 2.30 bits per heavy atom. The van der Waals surface area contributed by atoms with Crippen molar-refractivity contribution in [3.8, 4) is 11.1 Å². The first-order valence-corrected chi connectivity index (χ1v) is 11.2. The average molecular weight is 401 g/mol. The Bertz CT molecular complexity index is 1000. The fourth-order valence-corrected chi connectivity index (χ4v) is 4.77. The van der Waals surface area contributed by atoms with Crippen LogP contribution in [0.25, 0.3) is 11.1 Å². The van der Waals surface area contributed by atoms with Crippen LogP contribution in [-0.4, -0.2) is 38.7 Å². The normalized spacial score (nSPS) is 17.4. The second-order valence-corrected chi connectivity index (χ2v) is 8.45. The summed E-state index contributed by atoms with van der Waals surface area (Å²) in [7, 11) is 0. The predicted octanol–water partition coefficient (Wildman–Crippen LogP) is 4.69. The fraction of sp³-hybridized carbons (Fsp3) is 0.400. The number of nitrogens with zero attached hydrogens (tertiary/aromatic N) is 4. The van der Waals surface area contributed by atoms with Gasteiger partial charge in [-0.1, -0.05) is 48.9 Å². The summed E-state index contributed by atoms with van der Waals surface area (Å²) in [4.78, 5) is 15.0. The van der Waals surface area contributed by atoms with Gasteiger partial charge in [-0.05, 0) is 48.9 Å². The van der Waals surface area contributed by atoms with E-state index in [2.05, 4.69) is 26.9 Å². The molecule has 30 heavy (non-hydrogen) atoms. The molecular weight excluding hydrogens is 372 g/mol. The van der Waals surface area contributed by atoms with E-state index in [1.807, 2.05) is 47.4 Å². The van der Waals surface area contributed by atoms with E-state index in [9.17, 15) is 4.79 Å². The van der Waals surface area contributed by atoms with Crippen LogP contribution in [0.1, 0.15) is 60.0 Å². The van der Waals surface area contributed by atoms with Crippen molar-refractivity contribution in [1.82, 2.24) is 19.7 Å². The van der Waals surface area contributed by atoms with E-state index >= 15 is 0 Å². The Kier molecular flexibility index (Phi) is 5.35. The van der Waals surface area contributed by atoms with E-state index in [1.54, 1.807) is 0 Å². The minimum absolute atomic E-state index is 0.133. The number of carbonyl (C=O) groups is 1. The van der Waals surface area contributed by atoms with Gasteiger partial charge in [0.05, 0.1) is 0 Å². The molecule has 0 saturated carbocycles. The summed E-state index contributed by atoms with van der Waals surface area (Å²) in [6, 6.07) is 18.3. The number of aryl methyl sites for hydroxylation is 1. The van der Waals surface area contributed by atoms with Crippen LogP contribution >= 0.6 is 0 Å². The second-order valence-electron chi connectivity index (χ2n) is 8.45. The van der Waals surface area contributed by atoms with Gasteiger partial charge >= 0.3 is 0 Å². The van der Waals surface area contributed by atoms with Crippen LogP contribution in [0.5, 0.6) is 0 Å². The summed E-state index contributed by atoms with van der Waals surface area (Å²) >= 11 is 0. The van der Waals surface area contributed by atoms with Crippen molar-refractivity contribution >= 4 is 5.91 Å². The highest BCUT2D eigenvalue weighted by molar-refractivity contribution is 5.94.